The average molecular weight is 377 g/mol. The summed E-state index contributed by atoms with van der Waals surface area (Å²) in [6, 6.07) is -0.436. The van der Waals surface area contributed by atoms with Crippen molar-refractivity contribution in [2.75, 3.05) is 0 Å². The van der Waals surface area contributed by atoms with Crippen molar-refractivity contribution in [3.05, 3.63) is 71.1 Å². The summed E-state index contributed by atoms with van der Waals surface area (Å²) in [4.78, 5) is 6.40. The van der Waals surface area contributed by atoms with Gasteiger partial charge in [-0.05, 0) is 29.8 Å². The topological polar surface area (TPSA) is 46.0 Å². The first-order valence-corrected chi connectivity index (χ1v) is 6.82. The van der Waals surface area contributed by atoms with E-state index in [1.54, 1.807) is 0 Å². The fraction of sp³-hybridized carbons (Fsp3) is 0.176. The minimum Gasteiger partial charge on any atom is -0.382 e. The van der Waals surface area contributed by atoms with Crippen LogP contribution in [-0.4, -0.2) is 15.1 Å². The van der Waals surface area contributed by atoms with Gasteiger partial charge in [0.25, 0.3) is 0 Å². The fourth-order valence-electron chi connectivity index (χ4n) is 2.29. The van der Waals surface area contributed by atoms with Gasteiger partial charge < -0.3 is 5.11 Å². The summed E-state index contributed by atoms with van der Waals surface area (Å²) in [7, 11) is 0. The summed E-state index contributed by atoms with van der Waals surface area (Å²) in [5, 5.41) is 10.1. The Hall–Kier alpha value is -2.68. The quantitative estimate of drug-likeness (QED) is 0.656. The average Bonchev–Trinajstić information content (AvgIpc) is 2.66. The molecule has 2 heterocycles. The third-order valence-corrected chi connectivity index (χ3v) is 3.38. The standard InChI is InChI=1S/C17H10F6N2O/c18-16(19,20)11-5-3-4-9-10(15(26)12-6-1-2-7-24-12)8-13(17(21,22)23)25-14(9)11/h1-8,15,26H/i1D,2D,6D,7D,15D. The smallest absolute Gasteiger partial charge is 0.382 e. The van der Waals surface area contributed by atoms with E-state index in [9.17, 15) is 31.4 Å². The molecule has 0 fully saturated rings. The summed E-state index contributed by atoms with van der Waals surface area (Å²) >= 11 is 0. The first kappa shape index (κ1) is 12.6. The van der Waals surface area contributed by atoms with Crippen LogP contribution in [-0.2, 0) is 12.4 Å². The monoisotopic (exact) mass is 377 g/mol. The first-order valence-electron chi connectivity index (χ1n) is 9.32. The molecule has 136 valence electrons. The molecule has 0 spiro atoms. The van der Waals surface area contributed by atoms with E-state index < -0.39 is 76.2 Å². The van der Waals surface area contributed by atoms with E-state index in [-0.39, 0.29) is 6.07 Å². The molecule has 3 nitrogen and oxygen atoms in total. The number of fused-ring (bicyclic) bond motifs is 1. The van der Waals surface area contributed by atoms with Gasteiger partial charge in [-0.2, -0.15) is 26.3 Å². The SMILES string of the molecule is [2H]c1nc(C([2H])(O)c2cc(C(F)(F)F)nc3c(C(F)(F)F)cccc23)c([2H])c([2H])c1[2H]. The first-order chi connectivity index (χ1) is 14.1. The van der Waals surface area contributed by atoms with Crippen molar-refractivity contribution in [2.45, 2.75) is 18.4 Å². The molecule has 2 aromatic heterocycles. The molecule has 1 unspecified atom stereocenters. The Morgan fingerprint density at radius 3 is 2.46 bits per heavy atom. The van der Waals surface area contributed by atoms with E-state index in [0.29, 0.717) is 6.07 Å². The van der Waals surface area contributed by atoms with Gasteiger partial charge in [0.05, 0.1) is 23.6 Å². The summed E-state index contributed by atoms with van der Waals surface area (Å²) in [5.74, 6) is 0. The molecule has 1 atom stereocenters. The minimum atomic E-state index is -5.25. The zero-order valence-corrected chi connectivity index (χ0v) is 12.4. The normalized spacial score (nSPS) is 17.7. The van der Waals surface area contributed by atoms with Gasteiger partial charge in [-0.3, -0.25) is 4.98 Å². The van der Waals surface area contributed by atoms with Crippen molar-refractivity contribution in [1.82, 2.24) is 9.97 Å². The second-order valence-electron chi connectivity index (χ2n) is 5.05. The van der Waals surface area contributed by atoms with Crippen LogP contribution < -0.4 is 0 Å². The summed E-state index contributed by atoms with van der Waals surface area (Å²) in [5.41, 5.74) is -6.69. The molecule has 0 bridgehead atoms. The Balaban J connectivity index is 2.47. The Morgan fingerprint density at radius 1 is 1.08 bits per heavy atom. The number of pyridine rings is 2. The molecule has 0 aliphatic rings. The lowest BCUT2D eigenvalue weighted by atomic mass is 9.97. The molecule has 0 aliphatic carbocycles. The zero-order chi connectivity index (χ0) is 23.5. The number of aliphatic hydroxyl groups is 1. The number of aromatic nitrogens is 2. The molecule has 0 radical (unpaired) electrons. The highest BCUT2D eigenvalue weighted by molar-refractivity contribution is 5.86. The van der Waals surface area contributed by atoms with Crippen LogP contribution in [0.25, 0.3) is 10.9 Å². The van der Waals surface area contributed by atoms with Crippen LogP contribution in [0.15, 0.2) is 48.6 Å². The highest BCUT2D eigenvalue weighted by atomic mass is 19.4. The van der Waals surface area contributed by atoms with Crippen LogP contribution in [0.3, 0.4) is 0 Å². The van der Waals surface area contributed by atoms with E-state index in [2.05, 4.69) is 9.97 Å². The molecule has 9 heteroatoms. The largest absolute Gasteiger partial charge is 0.433 e. The van der Waals surface area contributed by atoms with E-state index in [0.717, 1.165) is 12.1 Å². The Bertz CT molecular complexity index is 1200. The maximum Gasteiger partial charge on any atom is 0.433 e. The van der Waals surface area contributed by atoms with Crippen LogP contribution >= 0.6 is 0 Å². The van der Waals surface area contributed by atoms with Gasteiger partial charge in [0.1, 0.15) is 11.8 Å². The van der Waals surface area contributed by atoms with E-state index >= 15 is 0 Å². The summed E-state index contributed by atoms with van der Waals surface area (Å²) in [6.45, 7) is 0. The van der Waals surface area contributed by atoms with Crippen molar-refractivity contribution in [3.63, 3.8) is 0 Å². The summed E-state index contributed by atoms with van der Waals surface area (Å²) < 4.78 is 119. The van der Waals surface area contributed by atoms with Crippen molar-refractivity contribution < 1.29 is 38.3 Å². The van der Waals surface area contributed by atoms with Crippen molar-refractivity contribution >= 4 is 10.9 Å². The zero-order valence-electron chi connectivity index (χ0n) is 17.4. The third kappa shape index (κ3) is 3.34. The molecular weight excluding hydrogens is 362 g/mol. The Morgan fingerprint density at radius 2 is 1.81 bits per heavy atom. The molecular formula is C17H10F6N2O. The lowest BCUT2D eigenvalue weighted by Gasteiger charge is -2.18. The van der Waals surface area contributed by atoms with Crippen LogP contribution in [0.1, 0.15) is 35.4 Å². The van der Waals surface area contributed by atoms with E-state index in [4.69, 9.17) is 6.85 Å². The number of halogens is 6. The second kappa shape index (κ2) is 6.24. The predicted molar refractivity (Wildman–Crippen MR) is 80.0 cm³/mol. The molecule has 0 aliphatic heterocycles. The maximum absolute atomic E-state index is 13.4. The molecule has 1 N–H and O–H groups in total. The van der Waals surface area contributed by atoms with Crippen molar-refractivity contribution in [3.8, 4) is 0 Å². The Labute approximate surface area is 150 Å². The molecule has 26 heavy (non-hydrogen) atoms. The second-order valence-corrected chi connectivity index (χ2v) is 5.05. The van der Waals surface area contributed by atoms with Crippen LogP contribution in [0.2, 0.25) is 0 Å². The lowest BCUT2D eigenvalue weighted by molar-refractivity contribution is -0.142. The highest BCUT2D eigenvalue weighted by Gasteiger charge is 2.38. The molecule has 0 amide bonds. The number of alkyl halides is 6. The van der Waals surface area contributed by atoms with E-state index in [1.165, 1.54) is 0 Å². The van der Waals surface area contributed by atoms with Gasteiger partial charge >= 0.3 is 12.4 Å². The van der Waals surface area contributed by atoms with Gasteiger partial charge in [0.2, 0.25) is 0 Å². The number of hydrogen-bond donors (Lipinski definition) is 1. The molecule has 3 aromatic rings. The number of benzene rings is 1. The lowest BCUT2D eigenvalue weighted by Crippen LogP contribution is -2.14. The number of hydrogen-bond acceptors (Lipinski definition) is 3. The molecule has 1 aromatic carbocycles. The van der Waals surface area contributed by atoms with Crippen LogP contribution in [0.5, 0.6) is 0 Å². The number of para-hydroxylation sites is 1. The third-order valence-electron chi connectivity index (χ3n) is 3.38. The molecule has 0 saturated heterocycles. The van der Waals surface area contributed by atoms with E-state index in [1.807, 2.05) is 0 Å². The fourth-order valence-corrected chi connectivity index (χ4v) is 2.29. The van der Waals surface area contributed by atoms with Gasteiger partial charge in [-0.25, -0.2) is 4.98 Å². The van der Waals surface area contributed by atoms with Crippen molar-refractivity contribution in [2.24, 2.45) is 0 Å². The predicted octanol–water partition coefficient (Wildman–Crippen LogP) is 4.75. The van der Waals surface area contributed by atoms with Gasteiger partial charge in [0.15, 0.2) is 0 Å². The van der Waals surface area contributed by atoms with Crippen LogP contribution in [0.4, 0.5) is 26.3 Å². The molecule has 3 rings (SSSR count). The van der Waals surface area contributed by atoms with Gasteiger partial charge in [-0.15, -0.1) is 0 Å². The van der Waals surface area contributed by atoms with Gasteiger partial charge in [0, 0.05) is 11.6 Å². The van der Waals surface area contributed by atoms with Crippen LogP contribution in [0, 0.1) is 0 Å². The highest BCUT2D eigenvalue weighted by Crippen LogP contribution is 2.39. The van der Waals surface area contributed by atoms with Gasteiger partial charge in [-0.1, -0.05) is 18.2 Å². The number of nitrogens with zero attached hydrogens (tertiary/aromatic N) is 2. The summed E-state index contributed by atoms with van der Waals surface area (Å²) in [6.07, 6.45) is -14.7. The van der Waals surface area contributed by atoms with Crippen molar-refractivity contribution in [1.29, 1.82) is 0 Å². The number of rotatable bonds is 2. The minimum absolute atomic E-state index is 0.151. The molecule has 0 saturated carbocycles. The maximum atomic E-state index is 13.4. The Kier molecular flexibility index (Phi) is 3.03.